The average Bonchev–Trinajstić information content (AvgIpc) is 3.08. The molecule has 2 heterocycles. The molecule has 5 nitrogen and oxygen atoms in total. The third kappa shape index (κ3) is 5.41. The molecular formula is C22H31N3O2. The van der Waals surface area contributed by atoms with E-state index in [-0.39, 0.29) is 18.2 Å². The molecule has 3 rings (SSSR count). The van der Waals surface area contributed by atoms with Gasteiger partial charge in [0.05, 0.1) is 12.3 Å². The maximum absolute atomic E-state index is 12.5. The van der Waals surface area contributed by atoms with Crippen molar-refractivity contribution >= 4 is 17.5 Å². The number of benzene rings is 1. The highest BCUT2D eigenvalue weighted by Gasteiger charge is 2.24. The van der Waals surface area contributed by atoms with Crippen LogP contribution in [0.2, 0.25) is 0 Å². The van der Waals surface area contributed by atoms with E-state index in [0.717, 1.165) is 49.5 Å². The van der Waals surface area contributed by atoms with Gasteiger partial charge in [0.1, 0.15) is 0 Å². The number of likely N-dealkylation sites (tertiary alicyclic amines) is 1. The van der Waals surface area contributed by atoms with Gasteiger partial charge in [-0.1, -0.05) is 50.1 Å². The highest BCUT2D eigenvalue weighted by molar-refractivity contribution is 6.02. The van der Waals surface area contributed by atoms with Crippen molar-refractivity contribution in [1.29, 1.82) is 0 Å². The number of carbonyl (C=O) groups is 2. The van der Waals surface area contributed by atoms with Gasteiger partial charge in [0.15, 0.2) is 0 Å². The fraction of sp³-hybridized carbons (Fsp3) is 0.591. The summed E-state index contributed by atoms with van der Waals surface area (Å²) in [6, 6.07) is 9.96. The van der Waals surface area contributed by atoms with E-state index in [1.807, 2.05) is 35.2 Å². The third-order valence-electron chi connectivity index (χ3n) is 5.65. The van der Waals surface area contributed by atoms with Crippen molar-refractivity contribution in [2.24, 2.45) is 11.0 Å². The summed E-state index contributed by atoms with van der Waals surface area (Å²) in [5.74, 6) is 0.824. The number of amides is 2. The van der Waals surface area contributed by atoms with Gasteiger partial charge in [0.25, 0.3) is 0 Å². The smallest absolute Gasteiger partial charge is 0.243 e. The Balaban J connectivity index is 1.46. The SMILES string of the molecule is CCCC1CCCN(C(=O)CCC(=O)N2CCC(c3ccccc3)=N2)CC1. The number of rotatable bonds is 6. The second kappa shape index (κ2) is 9.67. The van der Waals surface area contributed by atoms with E-state index in [1.165, 1.54) is 24.3 Å². The van der Waals surface area contributed by atoms with Crippen LogP contribution in [-0.2, 0) is 9.59 Å². The van der Waals surface area contributed by atoms with E-state index >= 15 is 0 Å². The third-order valence-corrected chi connectivity index (χ3v) is 5.65. The molecule has 0 radical (unpaired) electrons. The molecule has 0 spiro atoms. The van der Waals surface area contributed by atoms with Gasteiger partial charge >= 0.3 is 0 Å². The van der Waals surface area contributed by atoms with Gasteiger partial charge in [0, 0.05) is 32.4 Å². The van der Waals surface area contributed by atoms with E-state index in [0.29, 0.717) is 13.0 Å². The molecule has 2 amide bonds. The fourth-order valence-electron chi connectivity index (χ4n) is 4.08. The van der Waals surface area contributed by atoms with E-state index < -0.39 is 0 Å². The molecular weight excluding hydrogens is 338 g/mol. The summed E-state index contributed by atoms with van der Waals surface area (Å²) in [5.41, 5.74) is 2.01. The molecule has 2 aliphatic heterocycles. The molecule has 1 unspecified atom stereocenters. The first-order valence-electron chi connectivity index (χ1n) is 10.4. The van der Waals surface area contributed by atoms with Crippen molar-refractivity contribution in [3.8, 4) is 0 Å². The van der Waals surface area contributed by atoms with Crippen LogP contribution in [-0.4, -0.2) is 47.1 Å². The topological polar surface area (TPSA) is 53.0 Å². The van der Waals surface area contributed by atoms with Gasteiger partial charge in [0.2, 0.25) is 11.8 Å². The van der Waals surface area contributed by atoms with Crippen LogP contribution in [0.4, 0.5) is 0 Å². The van der Waals surface area contributed by atoms with Gasteiger partial charge in [-0.05, 0) is 30.7 Å². The highest BCUT2D eigenvalue weighted by Crippen LogP contribution is 2.22. The van der Waals surface area contributed by atoms with E-state index in [9.17, 15) is 9.59 Å². The zero-order valence-electron chi connectivity index (χ0n) is 16.4. The van der Waals surface area contributed by atoms with Crippen molar-refractivity contribution in [3.63, 3.8) is 0 Å². The Kier molecular flexibility index (Phi) is 7.02. The first-order chi connectivity index (χ1) is 13.2. The van der Waals surface area contributed by atoms with Gasteiger partial charge < -0.3 is 4.90 Å². The lowest BCUT2D eigenvalue weighted by Gasteiger charge is -2.21. The number of nitrogens with zero attached hydrogens (tertiary/aromatic N) is 3. The number of hydrazone groups is 1. The van der Waals surface area contributed by atoms with Gasteiger partial charge in [-0.2, -0.15) is 5.10 Å². The average molecular weight is 370 g/mol. The molecule has 1 aromatic carbocycles. The van der Waals surface area contributed by atoms with E-state index in [2.05, 4.69) is 12.0 Å². The molecule has 1 aromatic rings. The highest BCUT2D eigenvalue weighted by atomic mass is 16.2. The second-order valence-electron chi connectivity index (χ2n) is 7.65. The molecule has 0 N–H and O–H groups in total. The Morgan fingerprint density at radius 3 is 2.59 bits per heavy atom. The first kappa shape index (κ1) is 19.6. The maximum Gasteiger partial charge on any atom is 0.243 e. The molecule has 5 heteroatoms. The summed E-state index contributed by atoms with van der Waals surface area (Å²) < 4.78 is 0. The zero-order chi connectivity index (χ0) is 19.1. The minimum atomic E-state index is -0.0482. The predicted molar refractivity (Wildman–Crippen MR) is 107 cm³/mol. The molecule has 0 saturated carbocycles. The predicted octanol–water partition coefficient (Wildman–Crippen LogP) is 3.83. The quantitative estimate of drug-likeness (QED) is 0.765. The normalized spacial score (nSPS) is 20.3. The molecule has 2 aliphatic rings. The molecule has 1 atom stereocenters. The van der Waals surface area contributed by atoms with Crippen molar-refractivity contribution < 1.29 is 9.59 Å². The van der Waals surface area contributed by atoms with Crippen molar-refractivity contribution in [3.05, 3.63) is 35.9 Å². The van der Waals surface area contributed by atoms with Crippen LogP contribution in [0.25, 0.3) is 0 Å². The second-order valence-corrected chi connectivity index (χ2v) is 7.65. The minimum absolute atomic E-state index is 0.0482. The molecule has 0 aromatic heterocycles. The van der Waals surface area contributed by atoms with Crippen molar-refractivity contribution in [1.82, 2.24) is 9.91 Å². The van der Waals surface area contributed by atoms with Gasteiger partial charge in [-0.3, -0.25) is 9.59 Å². The molecule has 27 heavy (non-hydrogen) atoms. The Labute approximate surface area is 162 Å². The Bertz CT molecular complexity index is 671. The number of hydrogen-bond donors (Lipinski definition) is 0. The first-order valence-corrected chi connectivity index (χ1v) is 10.4. The van der Waals surface area contributed by atoms with E-state index in [1.54, 1.807) is 0 Å². The Morgan fingerprint density at radius 1 is 1.04 bits per heavy atom. The summed E-state index contributed by atoms with van der Waals surface area (Å²) in [6.45, 7) is 4.52. The maximum atomic E-state index is 12.5. The van der Waals surface area contributed by atoms with Crippen LogP contribution in [0.5, 0.6) is 0 Å². The van der Waals surface area contributed by atoms with E-state index in [4.69, 9.17) is 0 Å². The van der Waals surface area contributed by atoms with Crippen LogP contribution in [0.15, 0.2) is 35.4 Å². The van der Waals surface area contributed by atoms with Crippen LogP contribution >= 0.6 is 0 Å². The number of carbonyl (C=O) groups excluding carboxylic acids is 2. The van der Waals surface area contributed by atoms with Gasteiger partial charge in [-0.15, -0.1) is 0 Å². The zero-order valence-corrected chi connectivity index (χ0v) is 16.4. The summed E-state index contributed by atoms with van der Waals surface area (Å²) in [7, 11) is 0. The minimum Gasteiger partial charge on any atom is -0.343 e. The molecule has 1 saturated heterocycles. The molecule has 1 fully saturated rings. The fourth-order valence-corrected chi connectivity index (χ4v) is 4.08. The lowest BCUT2D eigenvalue weighted by Crippen LogP contribution is -2.33. The van der Waals surface area contributed by atoms with Crippen molar-refractivity contribution in [2.75, 3.05) is 19.6 Å². The number of hydrogen-bond acceptors (Lipinski definition) is 3. The monoisotopic (exact) mass is 369 g/mol. The van der Waals surface area contributed by atoms with Crippen LogP contribution in [0.1, 0.15) is 63.9 Å². The lowest BCUT2D eigenvalue weighted by molar-refractivity contribution is -0.136. The Morgan fingerprint density at radius 2 is 1.81 bits per heavy atom. The van der Waals surface area contributed by atoms with Crippen molar-refractivity contribution in [2.45, 2.75) is 58.3 Å². The summed E-state index contributed by atoms with van der Waals surface area (Å²) in [5, 5.41) is 6.01. The van der Waals surface area contributed by atoms with Crippen LogP contribution < -0.4 is 0 Å². The molecule has 0 bridgehead atoms. The van der Waals surface area contributed by atoms with Crippen LogP contribution in [0.3, 0.4) is 0 Å². The molecule has 146 valence electrons. The van der Waals surface area contributed by atoms with Crippen LogP contribution in [0, 0.1) is 5.92 Å². The summed E-state index contributed by atoms with van der Waals surface area (Å²) in [4.78, 5) is 27.0. The standard InChI is InChI=1S/C22H31N3O2/c1-2-7-18-8-6-15-24(16-13-18)21(26)11-12-22(27)25-17-14-20(23-25)19-9-4-3-5-10-19/h3-5,9-10,18H,2,6-8,11-17H2,1H3. The lowest BCUT2D eigenvalue weighted by atomic mass is 9.96. The summed E-state index contributed by atoms with van der Waals surface area (Å²) >= 11 is 0. The Hall–Kier alpha value is -2.17. The molecule has 0 aliphatic carbocycles. The summed E-state index contributed by atoms with van der Waals surface area (Å²) in [6.07, 6.45) is 7.20. The van der Waals surface area contributed by atoms with Gasteiger partial charge in [-0.25, -0.2) is 5.01 Å². The largest absolute Gasteiger partial charge is 0.343 e.